The number of aryl methyl sites for hydroxylation is 1. The van der Waals surface area contributed by atoms with Crippen LogP contribution in [0.4, 0.5) is 4.79 Å². The highest BCUT2D eigenvalue weighted by atomic mass is 16.2. The topological polar surface area (TPSA) is 54.3 Å². The van der Waals surface area contributed by atoms with Gasteiger partial charge < -0.3 is 14.4 Å². The van der Waals surface area contributed by atoms with Gasteiger partial charge in [-0.1, -0.05) is 30.3 Å². The third-order valence-corrected chi connectivity index (χ3v) is 5.35. The highest BCUT2D eigenvalue weighted by Gasteiger charge is 2.26. The van der Waals surface area contributed by atoms with Gasteiger partial charge in [-0.3, -0.25) is 4.98 Å². The number of fused-ring (bicyclic) bond motifs is 1. The molecule has 0 spiro atoms. The molecule has 1 fully saturated rings. The molecule has 2 aromatic heterocycles. The van der Waals surface area contributed by atoms with Crippen LogP contribution in [0.5, 0.6) is 0 Å². The van der Waals surface area contributed by atoms with Crippen LogP contribution in [0.15, 0.2) is 42.7 Å². The van der Waals surface area contributed by atoms with E-state index in [9.17, 15) is 4.79 Å². The number of benzene rings is 1. The number of carbonyl (C=O) groups excluding carboxylic acids is 1. The van der Waals surface area contributed by atoms with Gasteiger partial charge in [-0.2, -0.15) is 0 Å². The van der Waals surface area contributed by atoms with E-state index in [2.05, 4.69) is 27.8 Å². The van der Waals surface area contributed by atoms with E-state index in [4.69, 9.17) is 4.98 Å². The standard InChI is InChI=1S/C21H25N5O/c1-24(2)21(27)26-11-9-15(10-12-26)17-13-18-20(22-14-25(18)3)19(23-17)16-7-5-4-6-8-16/h4-8,13-15H,9-12H2,1-3H3. The molecule has 0 saturated carbocycles. The quantitative estimate of drug-likeness (QED) is 0.700. The summed E-state index contributed by atoms with van der Waals surface area (Å²) in [6, 6.07) is 12.5. The predicted octanol–water partition coefficient (Wildman–Crippen LogP) is 3.50. The van der Waals surface area contributed by atoms with Crippen LogP contribution in [0.1, 0.15) is 24.5 Å². The monoisotopic (exact) mass is 363 g/mol. The Morgan fingerprint density at radius 3 is 2.52 bits per heavy atom. The molecule has 1 aliphatic heterocycles. The average molecular weight is 363 g/mol. The van der Waals surface area contributed by atoms with Crippen LogP contribution < -0.4 is 0 Å². The molecule has 0 unspecified atom stereocenters. The van der Waals surface area contributed by atoms with Crippen molar-refractivity contribution in [3.05, 3.63) is 48.4 Å². The van der Waals surface area contributed by atoms with Crippen LogP contribution in [0.2, 0.25) is 0 Å². The van der Waals surface area contributed by atoms with Crippen LogP contribution in [-0.4, -0.2) is 57.6 Å². The lowest BCUT2D eigenvalue weighted by Gasteiger charge is -2.33. The van der Waals surface area contributed by atoms with Crippen molar-refractivity contribution in [2.24, 2.45) is 7.05 Å². The Bertz CT molecular complexity index is 955. The fourth-order valence-corrected chi connectivity index (χ4v) is 3.80. The Balaban J connectivity index is 1.67. The fraction of sp³-hybridized carbons (Fsp3) is 0.381. The summed E-state index contributed by atoms with van der Waals surface area (Å²) in [5, 5.41) is 0. The Labute approximate surface area is 159 Å². The summed E-state index contributed by atoms with van der Waals surface area (Å²) in [7, 11) is 5.63. The van der Waals surface area contributed by atoms with Crippen LogP contribution in [-0.2, 0) is 7.05 Å². The van der Waals surface area contributed by atoms with E-state index >= 15 is 0 Å². The van der Waals surface area contributed by atoms with Gasteiger partial charge >= 0.3 is 6.03 Å². The first-order valence-electron chi connectivity index (χ1n) is 9.38. The van der Waals surface area contributed by atoms with Crippen molar-refractivity contribution in [2.75, 3.05) is 27.2 Å². The third-order valence-electron chi connectivity index (χ3n) is 5.35. The van der Waals surface area contributed by atoms with Gasteiger partial charge in [0, 0.05) is 51.4 Å². The van der Waals surface area contributed by atoms with Gasteiger partial charge in [0.15, 0.2) is 0 Å². The summed E-state index contributed by atoms with van der Waals surface area (Å²) in [5.41, 5.74) is 5.17. The number of hydrogen-bond acceptors (Lipinski definition) is 3. The molecule has 6 heteroatoms. The molecule has 0 radical (unpaired) electrons. The Morgan fingerprint density at radius 2 is 1.85 bits per heavy atom. The molecule has 1 aliphatic rings. The molecule has 140 valence electrons. The van der Waals surface area contributed by atoms with Crippen molar-refractivity contribution in [3.8, 4) is 11.3 Å². The van der Waals surface area contributed by atoms with Gasteiger partial charge in [-0.15, -0.1) is 0 Å². The molecule has 27 heavy (non-hydrogen) atoms. The molecule has 1 aromatic carbocycles. The third kappa shape index (κ3) is 3.27. The van der Waals surface area contributed by atoms with E-state index < -0.39 is 0 Å². The molecule has 0 N–H and O–H groups in total. The maximum absolute atomic E-state index is 12.2. The number of rotatable bonds is 2. The maximum Gasteiger partial charge on any atom is 0.319 e. The normalized spacial score (nSPS) is 15.3. The minimum Gasteiger partial charge on any atom is -0.334 e. The van der Waals surface area contributed by atoms with E-state index in [1.165, 1.54) is 0 Å². The fourth-order valence-electron chi connectivity index (χ4n) is 3.80. The number of piperidine rings is 1. The molecule has 6 nitrogen and oxygen atoms in total. The van der Waals surface area contributed by atoms with Crippen LogP contribution in [0.3, 0.4) is 0 Å². The Kier molecular flexibility index (Phi) is 4.56. The molecule has 2 amide bonds. The first kappa shape index (κ1) is 17.5. The lowest BCUT2D eigenvalue weighted by atomic mass is 9.92. The summed E-state index contributed by atoms with van der Waals surface area (Å²) in [5.74, 6) is 0.359. The highest BCUT2D eigenvalue weighted by Crippen LogP contribution is 2.33. The zero-order valence-corrected chi connectivity index (χ0v) is 16.1. The summed E-state index contributed by atoms with van der Waals surface area (Å²) < 4.78 is 2.05. The Hall–Kier alpha value is -2.89. The van der Waals surface area contributed by atoms with Crippen LogP contribution in [0, 0.1) is 0 Å². The number of likely N-dealkylation sites (tertiary alicyclic amines) is 1. The lowest BCUT2D eigenvalue weighted by molar-refractivity contribution is 0.156. The zero-order valence-electron chi connectivity index (χ0n) is 16.1. The molecule has 4 rings (SSSR count). The smallest absolute Gasteiger partial charge is 0.319 e. The Morgan fingerprint density at radius 1 is 1.15 bits per heavy atom. The SMILES string of the molecule is CN(C)C(=O)N1CCC(c2cc3c(ncn3C)c(-c3ccccc3)n2)CC1. The predicted molar refractivity (Wildman–Crippen MR) is 107 cm³/mol. The molecular formula is C21H25N5O. The number of carbonyl (C=O) groups is 1. The molecule has 0 bridgehead atoms. The van der Waals surface area contributed by atoms with Crippen LogP contribution in [0.25, 0.3) is 22.3 Å². The van der Waals surface area contributed by atoms with Gasteiger partial charge in [0.1, 0.15) is 5.52 Å². The molecule has 0 atom stereocenters. The summed E-state index contributed by atoms with van der Waals surface area (Å²) in [6.45, 7) is 1.54. The molecular weight excluding hydrogens is 338 g/mol. The van der Waals surface area contributed by atoms with Gasteiger partial charge in [0.05, 0.1) is 17.5 Å². The van der Waals surface area contributed by atoms with Crippen molar-refractivity contribution in [2.45, 2.75) is 18.8 Å². The zero-order chi connectivity index (χ0) is 19.0. The summed E-state index contributed by atoms with van der Waals surface area (Å²) >= 11 is 0. The molecule has 0 aliphatic carbocycles. The average Bonchev–Trinajstić information content (AvgIpc) is 3.08. The van der Waals surface area contributed by atoms with E-state index in [1.807, 2.05) is 36.5 Å². The molecule has 3 heterocycles. The number of nitrogens with zero attached hydrogens (tertiary/aromatic N) is 5. The second-order valence-electron chi connectivity index (χ2n) is 7.42. The summed E-state index contributed by atoms with van der Waals surface area (Å²) in [6.07, 6.45) is 3.72. The lowest BCUT2D eigenvalue weighted by Crippen LogP contribution is -2.43. The van der Waals surface area contributed by atoms with Crippen molar-refractivity contribution in [3.63, 3.8) is 0 Å². The first-order valence-corrected chi connectivity index (χ1v) is 9.38. The number of amides is 2. The molecule has 3 aromatic rings. The van der Waals surface area contributed by atoms with Crippen molar-refractivity contribution in [1.29, 1.82) is 0 Å². The number of aromatic nitrogens is 3. The number of pyridine rings is 1. The van der Waals surface area contributed by atoms with E-state index in [0.29, 0.717) is 5.92 Å². The second-order valence-corrected chi connectivity index (χ2v) is 7.42. The second kappa shape index (κ2) is 7.02. The maximum atomic E-state index is 12.2. The minimum atomic E-state index is 0.0912. The minimum absolute atomic E-state index is 0.0912. The van der Waals surface area contributed by atoms with Gasteiger partial charge in [0.25, 0.3) is 0 Å². The van der Waals surface area contributed by atoms with Crippen LogP contribution >= 0.6 is 0 Å². The number of urea groups is 1. The number of imidazole rings is 1. The van der Waals surface area contributed by atoms with Gasteiger partial charge in [-0.25, -0.2) is 9.78 Å². The first-order chi connectivity index (χ1) is 13.0. The largest absolute Gasteiger partial charge is 0.334 e. The van der Waals surface area contributed by atoms with Gasteiger partial charge in [-0.05, 0) is 18.9 Å². The van der Waals surface area contributed by atoms with E-state index in [1.54, 1.807) is 19.0 Å². The van der Waals surface area contributed by atoms with E-state index in [-0.39, 0.29) is 6.03 Å². The van der Waals surface area contributed by atoms with Crippen molar-refractivity contribution >= 4 is 17.1 Å². The summed E-state index contributed by atoms with van der Waals surface area (Å²) in [4.78, 5) is 25.4. The van der Waals surface area contributed by atoms with Crippen molar-refractivity contribution < 1.29 is 4.79 Å². The van der Waals surface area contributed by atoms with E-state index in [0.717, 1.165) is 53.9 Å². The van der Waals surface area contributed by atoms with Gasteiger partial charge in [0.2, 0.25) is 0 Å². The number of hydrogen-bond donors (Lipinski definition) is 0. The molecule has 1 saturated heterocycles. The van der Waals surface area contributed by atoms with Crippen molar-refractivity contribution in [1.82, 2.24) is 24.3 Å². The highest BCUT2D eigenvalue weighted by molar-refractivity contribution is 5.90.